The summed E-state index contributed by atoms with van der Waals surface area (Å²) in [6, 6.07) is 4.89. The topological polar surface area (TPSA) is 17.8 Å². The van der Waals surface area contributed by atoms with Gasteiger partial charge in [0.15, 0.2) is 0 Å². The molecule has 0 N–H and O–H groups in total. The molecule has 17 heavy (non-hydrogen) atoms. The molecule has 2 nitrogen and oxygen atoms in total. The van der Waals surface area contributed by atoms with Gasteiger partial charge in [0, 0.05) is 25.4 Å². The number of rotatable bonds is 4. The fraction of sp³-hybridized carbons (Fsp3) is 0.308. The van der Waals surface area contributed by atoms with Crippen molar-refractivity contribution in [1.29, 1.82) is 0 Å². The van der Waals surface area contributed by atoms with Gasteiger partial charge in [-0.05, 0) is 24.1 Å². The van der Waals surface area contributed by atoms with Gasteiger partial charge in [-0.3, -0.25) is 0 Å². The van der Waals surface area contributed by atoms with Crippen LogP contribution in [0.1, 0.15) is 24.7 Å². The predicted molar refractivity (Wildman–Crippen MR) is 66.7 cm³/mol. The van der Waals surface area contributed by atoms with E-state index in [1.807, 2.05) is 16.8 Å². The second-order valence-electron chi connectivity index (χ2n) is 3.97. The van der Waals surface area contributed by atoms with Crippen molar-refractivity contribution in [2.24, 2.45) is 0 Å². The van der Waals surface area contributed by atoms with E-state index in [0.717, 1.165) is 24.2 Å². The predicted octanol–water partition coefficient (Wildman–Crippen LogP) is 3.68. The molecule has 1 heterocycles. The number of nitrogens with zero attached hydrogens (tertiary/aromatic N) is 2. The number of aryl methyl sites for hydroxylation is 1. The number of aromatic nitrogens is 2. The summed E-state index contributed by atoms with van der Waals surface area (Å²) in [6.45, 7) is 2.74. The van der Waals surface area contributed by atoms with Gasteiger partial charge in [0.2, 0.25) is 0 Å². The van der Waals surface area contributed by atoms with E-state index < -0.39 is 0 Å². The fourth-order valence-corrected chi connectivity index (χ4v) is 1.89. The molecule has 0 aliphatic rings. The number of benzene rings is 1. The number of hydrogen-bond donors (Lipinski definition) is 0. The lowest BCUT2D eigenvalue weighted by Crippen LogP contribution is -2.04. The summed E-state index contributed by atoms with van der Waals surface area (Å²) in [5.41, 5.74) is 0.891. The third-order valence-corrected chi connectivity index (χ3v) is 2.92. The Balaban J connectivity index is 2.19. The highest BCUT2D eigenvalue weighted by Crippen LogP contribution is 2.16. The van der Waals surface area contributed by atoms with Crippen molar-refractivity contribution in [2.45, 2.75) is 26.3 Å². The monoisotopic (exact) mass is 252 g/mol. The minimum Gasteiger partial charge on any atom is -0.331 e. The molecule has 0 aliphatic carbocycles. The lowest BCUT2D eigenvalue weighted by molar-refractivity contribution is 0.622. The molecule has 0 radical (unpaired) electrons. The molecule has 0 aliphatic heterocycles. The minimum absolute atomic E-state index is 0.160. The molecule has 0 unspecified atom stereocenters. The summed E-state index contributed by atoms with van der Waals surface area (Å²) in [5.74, 6) is 0.657. The van der Waals surface area contributed by atoms with Crippen LogP contribution in [0.2, 0.25) is 5.02 Å². The molecule has 0 bridgehead atoms. The van der Waals surface area contributed by atoms with E-state index >= 15 is 0 Å². The van der Waals surface area contributed by atoms with E-state index in [4.69, 9.17) is 11.6 Å². The van der Waals surface area contributed by atoms with Gasteiger partial charge < -0.3 is 4.57 Å². The van der Waals surface area contributed by atoms with Crippen LogP contribution in [0.3, 0.4) is 0 Å². The Labute approximate surface area is 105 Å². The highest BCUT2D eigenvalue weighted by atomic mass is 35.5. The zero-order valence-corrected chi connectivity index (χ0v) is 10.4. The number of halogens is 2. The van der Waals surface area contributed by atoms with Crippen LogP contribution in [0.15, 0.2) is 30.6 Å². The number of imidazole rings is 1. The third-order valence-electron chi connectivity index (χ3n) is 2.61. The maximum absolute atomic E-state index is 13.3. The molecule has 0 saturated carbocycles. The molecule has 90 valence electrons. The van der Waals surface area contributed by atoms with Crippen molar-refractivity contribution >= 4 is 11.6 Å². The molecule has 1 aromatic carbocycles. The summed E-state index contributed by atoms with van der Waals surface area (Å²) in [6.07, 6.45) is 5.67. The average molecular weight is 253 g/mol. The van der Waals surface area contributed by atoms with Gasteiger partial charge in [0.25, 0.3) is 0 Å². The van der Waals surface area contributed by atoms with Crippen molar-refractivity contribution in [3.8, 4) is 0 Å². The average Bonchev–Trinajstić information content (AvgIpc) is 2.72. The van der Waals surface area contributed by atoms with Crippen LogP contribution < -0.4 is 0 Å². The smallest absolute Gasteiger partial charge is 0.142 e. The highest BCUT2D eigenvalue weighted by molar-refractivity contribution is 6.30. The largest absolute Gasteiger partial charge is 0.331 e. The Morgan fingerprint density at radius 3 is 2.94 bits per heavy atom. The first-order chi connectivity index (χ1) is 8.20. The zero-order valence-electron chi connectivity index (χ0n) is 9.66. The van der Waals surface area contributed by atoms with Crippen molar-refractivity contribution in [3.63, 3.8) is 0 Å². The summed E-state index contributed by atoms with van der Waals surface area (Å²) < 4.78 is 15.3. The van der Waals surface area contributed by atoms with Crippen LogP contribution >= 0.6 is 11.6 Å². The van der Waals surface area contributed by atoms with E-state index in [-0.39, 0.29) is 10.8 Å². The first-order valence-electron chi connectivity index (χ1n) is 5.64. The van der Waals surface area contributed by atoms with Gasteiger partial charge in [-0.15, -0.1) is 0 Å². The maximum Gasteiger partial charge on any atom is 0.142 e. The third kappa shape index (κ3) is 2.86. The van der Waals surface area contributed by atoms with Crippen LogP contribution in [0.5, 0.6) is 0 Å². The van der Waals surface area contributed by atoms with Crippen molar-refractivity contribution in [3.05, 3.63) is 52.8 Å². The quantitative estimate of drug-likeness (QED) is 0.812. The summed E-state index contributed by atoms with van der Waals surface area (Å²) in [4.78, 5) is 4.29. The Kier molecular flexibility index (Phi) is 3.79. The van der Waals surface area contributed by atoms with Crippen molar-refractivity contribution in [2.75, 3.05) is 0 Å². The van der Waals surface area contributed by atoms with E-state index in [9.17, 15) is 4.39 Å². The highest BCUT2D eigenvalue weighted by Gasteiger charge is 2.05. The SMILES string of the molecule is CCCc1nccn1Cc1ccc(Cl)c(F)c1. The molecule has 0 spiro atoms. The van der Waals surface area contributed by atoms with Crippen LogP contribution in [-0.2, 0) is 13.0 Å². The Bertz CT molecular complexity index is 508. The fourth-order valence-electron chi connectivity index (χ4n) is 1.77. The summed E-state index contributed by atoms with van der Waals surface area (Å²) >= 11 is 5.65. The van der Waals surface area contributed by atoms with Crippen LogP contribution in [0, 0.1) is 5.82 Å². The normalized spacial score (nSPS) is 10.8. The van der Waals surface area contributed by atoms with Gasteiger partial charge in [-0.1, -0.05) is 24.6 Å². The maximum atomic E-state index is 13.3. The van der Waals surface area contributed by atoms with Gasteiger partial charge in [0.1, 0.15) is 11.6 Å². The molecule has 1 aromatic heterocycles. The minimum atomic E-state index is -0.374. The van der Waals surface area contributed by atoms with Crippen LogP contribution in [0.25, 0.3) is 0 Å². The first-order valence-corrected chi connectivity index (χ1v) is 6.02. The molecule has 2 aromatic rings. The van der Waals surface area contributed by atoms with Crippen molar-refractivity contribution in [1.82, 2.24) is 9.55 Å². The van der Waals surface area contributed by atoms with Gasteiger partial charge in [0.05, 0.1) is 5.02 Å². The second kappa shape index (κ2) is 5.32. The standard InChI is InChI=1S/C13H14ClFN2/c1-2-3-13-16-6-7-17(13)9-10-4-5-11(14)12(15)8-10/h4-8H,2-3,9H2,1H3. The van der Waals surface area contributed by atoms with E-state index in [0.29, 0.717) is 6.54 Å². The van der Waals surface area contributed by atoms with Gasteiger partial charge in [-0.2, -0.15) is 0 Å². The number of hydrogen-bond acceptors (Lipinski definition) is 1. The summed E-state index contributed by atoms with van der Waals surface area (Å²) in [7, 11) is 0. The lowest BCUT2D eigenvalue weighted by atomic mass is 10.2. The van der Waals surface area contributed by atoms with Gasteiger partial charge >= 0.3 is 0 Å². The van der Waals surface area contributed by atoms with Gasteiger partial charge in [-0.25, -0.2) is 9.37 Å². The Hall–Kier alpha value is -1.35. The lowest BCUT2D eigenvalue weighted by Gasteiger charge is -2.07. The summed E-state index contributed by atoms with van der Waals surface area (Å²) in [5, 5.41) is 0.160. The Morgan fingerprint density at radius 2 is 2.24 bits per heavy atom. The van der Waals surface area contributed by atoms with E-state index in [2.05, 4.69) is 11.9 Å². The van der Waals surface area contributed by atoms with Crippen LogP contribution in [0.4, 0.5) is 4.39 Å². The molecular formula is C13H14ClFN2. The first kappa shape index (κ1) is 12.1. The molecule has 0 fully saturated rings. The molecular weight excluding hydrogens is 239 g/mol. The Morgan fingerprint density at radius 1 is 1.41 bits per heavy atom. The van der Waals surface area contributed by atoms with E-state index in [1.54, 1.807) is 12.3 Å². The molecule has 0 atom stereocenters. The molecule has 4 heteroatoms. The molecule has 2 rings (SSSR count). The van der Waals surface area contributed by atoms with E-state index in [1.165, 1.54) is 6.07 Å². The van der Waals surface area contributed by atoms with Crippen molar-refractivity contribution < 1.29 is 4.39 Å². The zero-order chi connectivity index (χ0) is 12.3. The molecule has 0 amide bonds. The van der Waals surface area contributed by atoms with Crippen LogP contribution in [-0.4, -0.2) is 9.55 Å². The second-order valence-corrected chi connectivity index (χ2v) is 4.38. The molecule has 0 saturated heterocycles.